The van der Waals surface area contributed by atoms with E-state index in [1.165, 1.54) is 0 Å². The smallest absolute Gasteiger partial charge is 0.406 e. The molecule has 1 aromatic carbocycles. The van der Waals surface area contributed by atoms with Gasteiger partial charge in [-0.05, 0) is 49.8 Å². The number of halogens is 1. The van der Waals surface area contributed by atoms with Crippen LogP contribution in [0, 0.1) is 5.92 Å². The number of amides is 3. The van der Waals surface area contributed by atoms with Gasteiger partial charge in [0.05, 0.1) is 24.4 Å². The van der Waals surface area contributed by atoms with Crippen LogP contribution in [0.15, 0.2) is 24.4 Å². The van der Waals surface area contributed by atoms with Gasteiger partial charge in [0.1, 0.15) is 0 Å². The summed E-state index contributed by atoms with van der Waals surface area (Å²) >= 11 is 6.26. The van der Waals surface area contributed by atoms with Gasteiger partial charge in [-0.15, -0.1) is 0 Å². The van der Waals surface area contributed by atoms with E-state index in [0.717, 1.165) is 47.8 Å². The average molecular weight is 417 g/mol. The molecule has 7 nitrogen and oxygen atoms in total. The zero-order chi connectivity index (χ0) is 20.5. The monoisotopic (exact) mass is 416 g/mol. The van der Waals surface area contributed by atoms with E-state index in [4.69, 9.17) is 16.3 Å². The fourth-order valence-electron chi connectivity index (χ4n) is 4.37. The van der Waals surface area contributed by atoms with Gasteiger partial charge >= 0.3 is 12.1 Å². The lowest BCUT2D eigenvalue weighted by molar-refractivity contribution is 0.115. The highest BCUT2D eigenvalue weighted by Crippen LogP contribution is 2.40. The summed E-state index contributed by atoms with van der Waals surface area (Å²) in [5.41, 5.74) is 2.81. The second kappa shape index (κ2) is 8.06. The number of hydrogen-bond acceptors (Lipinski definition) is 4. The van der Waals surface area contributed by atoms with Crippen LogP contribution in [0.5, 0.6) is 0 Å². The van der Waals surface area contributed by atoms with Gasteiger partial charge in [-0.1, -0.05) is 11.6 Å². The Hall–Kier alpha value is -2.54. The average Bonchev–Trinajstić information content (AvgIpc) is 2.73. The Balaban J connectivity index is 1.61. The first-order valence-corrected chi connectivity index (χ1v) is 10.3. The fourth-order valence-corrected chi connectivity index (χ4v) is 4.54. The number of nitrogens with one attached hydrogen (secondary N) is 1. The molecule has 2 heterocycles. The van der Waals surface area contributed by atoms with Gasteiger partial charge in [-0.25, -0.2) is 9.59 Å². The molecule has 0 radical (unpaired) electrons. The number of ether oxygens (including phenoxy) is 1. The highest BCUT2D eigenvalue weighted by molar-refractivity contribution is 6.31. The summed E-state index contributed by atoms with van der Waals surface area (Å²) in [5, 5.41) is 4.02. The zero-order valence-electron chi connectivity index (χ0n) is 16.7. The molecular weight excluding hydrogens is 392 g/mol. The number of hydrogen-bond donors (Lipinski definition) is 1. The van der Waals surface area contributed by atoms with Gasteiger partial charge in [-0.2, -0.15) is 0 Å². The maximum absolute atomic E-state index is 13.2. The van der Waals surface area contributed by atoms with Crippen molar-refractivity contribution in [2.24, 2.45) is 5.92 Å². The van der Waals surface area contributed by atoms with E-state index in [1.807, 2.05) is 36.3 Å². The first-order valence-electron chi connectivity index (χ1n) is 9.94. The van der Waals surface area contributed by atoms with Crippen molar-refractivity contribution >= 4 is 40.3 Å². The Morgan fingerprint density at radius 1 is 1.31 bits per heavy atom. The Kier molecular flexibility index (Phi) is 5.50. The second-order valence-corrected chi connectivity index (χ2v) is 8.26. The van der Waals surface area contributed by atoms with Gasteiger partial charge in [0.2, 0.25) is 0 Å². The molecular formula is C21H25ClN4O3. The predicted octanol–water partition coefficient (Wildman–Crippen LogP) is 4.17. The van der Waals surface area contributed by atoms with Crippen molar-refractivity contribution in [3.63, 3.8) is 0 Å². The highest BCUT2D eigenvalue weighted by atomic mass is 35.5. The molecule has 29 heavy (non-hydrogen) atoms. The van der Waals surface area contributed by atoms with Crippen LogP contribution in [0.2, 0.25) is 5.02 Å². The fraction of sp³-hybridized carbons (Fsp3) is 0.476. The molecule has 1 fully saturated rings. The van der Waals surface area contributed by atoms with Crippen LogP contribution >= 0.6 is 11.6 Å². The summed E-state index contributed by atoms with van der Waals surface area (Å²) in [6.45, 7) is 0.953. The number of fused-ring (bicyclic) bond motifs is 3. The molecule has 154 valence electrons. The summed E-state index contributed by atoms with van der Waals surface area (Å²) < 4.78 is 5.21. The Bertz CT molecular complexity index is 943. The van der Waals surface area contributed by atoms with Crippen molar-refractivity contribution in [1.82, 2.24) is 15.2 Å². The van der Waals surface area contributed by atoms with Crippen molar-refractivity contribution in [2.75, 3.05) is 25.6 Å². The van der Waals surface area contributed by atoms with Crippen LogP contribution in [0.1, 0.15) is 31.2 Å². The normalized spacial score (nSPS) is 21.8. The molecule has 1 aromatic heterocycles. The molecule has 8 heteroatoms. The largest absolute Gasteiger partial charge is 0.449 e. The number of nitrogens with zero attached hydrogens (tertiary/aromatic N) is 3. The van der Waals surface area contributed by atoms with E-state index >= 15 is 0 Å². The minimum absolute atomic E-state index is 0.00929. The number of alkyl carbamates (subject to hydrolysis) is 1. The molecule has 3 amide bonds. The van der Waals surface area contributed by atoms with Crippen molar-refractivity contribution in [1.29, 1.82) is 0 Å². The lowest BCUT2D eigenvalue weighted by Crippen LogP contribution is -2.51. The molecule has 0 atom stereocenters. The molecule has 0 spiro atoms. The Labute approximate surface area is 175 Å². The molecule has 0 unspecified atom stereocenters. The second-order valence-electron chi connectivity index (χ2n) is 7.83. The van der Waals surface area contributed by atoms with Crippen molar-refractivity contribution in [2.45, 2.75) is 38.3 Å². The Morgan fingerprint density at radius 2 is 2.07 bits per heavy atom. The number of pyridine rings is 1. The molecule has 4 rings (SSSR count). The number of urea groups is 1. The van der Waals surface area contributed by atoms with E-state index in [0.29, 0.717) is 24.1 Å². The molecule has 0 bridgehead atoms. The van der Waals surface area contributed by atoms with E-state index < -0.39 is 6.09 Å². The molecule has 1 N–H and O–H groups in total. The quantitative estimate of drug-likeness (QED) is 0.814. The maximum atomic E-state index is 13.2. The number of anilines is 1. The highest BCUT2D eigenvalue weighted by Gasteiger charge is 2.37. The van der Waals surface area contributed by atoms with Gasteiger partial charge in [0, 0.05) is 42.3 Å². The third kappa shape index (κ3) is 3.83. The Morgan fingerprint density at radius 3 is 2.79 bits per heavy atom. The van der Waals surface area contributed by atoms with Crippen molar-refractivity contribution in [3.8, 4) is 0 Å². The number of benzene rings is 1. The lowest BCUT2D eigenvalue weighted by Gasteiger charge is -2.42. The van der Waals surface area contributed by atoms with Crippen molar-refractivity contribution in [3.05, 3.63) is 35.0 Å². The summed E-state index contributed by atoms with van der Waals surface area (Å²) in [6.07, 6.45) is 5.02. The van der Waals surface area contributed by atoms with Gasteiger partial charge in [-0.3, -0.25) is 9.88 Å². The standard InChI is InChI=1S/C21H25ClN4O3/c1-23-20(27)29-12-13-3-6-16(7-4-13)26-19-14(11-25(2)21(26)28)10-24-18-8-5-15(22)9-17(18)19/h5,8-10,13,16H,3-4,6-7,11-12H2,1-2H3,(H,23,27). The van der Waals surface area contributed by atoms with E-state index in [9.17, 15) is 9.59 Å². The summed E-state index contributed by atoms with van der Waals surface area (Å²) in [7, 11) is 3.38. The number of carbonyl (C=O) groups is 2. The van der Waals surface area contributed by atoms with Crippen LogP contribution in [-0.4, -0.2) is 48.8 Å². The third-order valence-electron chi connectivity index (χ3n) is 5.89. The molecule has 0 saturated heterocycles. The molecule has 1 aliphatic heterocycles. The maximum Gasteiger partial charge on any atom is 0.406 e. The minimum atomic E-state index is -0.398. The van der Waals surface area contributed by atoms with E-state index in [1.54, 1.807) is 11.9 Å². The van der Waals surface area contributed by atoms with Crippen LogP contribution in [0.25, 0.3) is 10.9 Å². The number of rotatable bonds is 3. The first kappa shape index (κ1) is 19.8. The lowest BCUT2D eigenvalue weighted by atomic mass is 9.85. The van der Waals surface area contributed by atoms with Crippen molar-refractivity contribution < 1.29 is 14.3 Å². The minimum Gasteiger partial charge on any atom is -0.449 e. The molecule has 1 saturated carbocycles. The van der Waals surface area contributed by atoms with Crippen LogP contribution in [0.4, 0.5) is 15.3 Å². The topological polar surface area (TPSA) is 74.8 Å². The number of carbonyl (C=O) groups excluding carboxylic acids is 2. The molecule has 1 aliphatic carbocycles. The van der Waals surface area contributed by atoms with Gasteiger partial charge in [0.15, 0.2) is 0 Å². The first-order chi connectivity index (χ1) is 14.0. The van der Waals surface area contributed by atoms with Crippen LogP contribution < -0.4 is 10.2 Å². The van der Waals surface area contributed by atoms with Crippen LogP contribution in [0.3, 0.4) is 0 Å². The molecule has 2 aromatic rings. The van der Waals surface area contributed by atoms with E-state index in [2.05, 4.69) is 10.3 Å². The SMILES string of the molecule is CNC(=O)OCC1CCC(N2C(=O)N(C)Cc3cnc4ccc(Cl)cc4c32)CC1. The zero-order valence-corrected chi connectivity index (χ0v) is 17.4. The summed E-state index contributed by atoms with van der Waals surface area (Å²) in [4.78, 5) is 32.7. The summed E-state index contributed by atoms with van der Waals surface area (Å²) in [6, 6.07) is 5.73. The predicted molar refractivity (Wildman–Crippen MR) is 112 cm³/mol. The van der Waals surface area contributed by atoms with Gasteiger partial charge < -0.3 is 15.0 Å². The number of aromatic nitrogens is 1. The van der Waals surface area contributed by atoms with Crippen LogP contribution in [-0.2, 0) is 11.3 Å². The van der Waals surface area contributed by atoms with Gasteiger partial charge in [0.25, 0.3) is 0 Å². The summed E-state index contributed by atoms with van der Waals surface area (Å²) in [5.74, 6) is 0.323. The third-order valence-corrected chi connectivity index (χ3v) is 6.13. The molecule has 2 aliphatic rings. The van der Waals surface area contributed by atoms with E-state index in [-0.39, 0.29) is 12.1 Å².